The molecule has 4 aliphatic carbocycles. The first-order valence-electron chi connectivity index (χ1n) is 42.6. The van der Waals surface area contributed by atoms with E-state index in [-0.39, 0.29) is 0 Å². The van der Waals surface area contributed by atoms with Crippen LogP contribution >= 0.6 is 35.1 Å². The minimum Gasteiger partial charge on any atom is -0.308 e. The van der Waals surface area contributed by atoms with E-state index < -0.39 is 10.8 Å². The van der Waals surface area contributed by atoms with Crippen molar-refractivity contribution in [2.45, 2.75) is 37.3 Å². The summed E-state index contributed by atoms with van der Waals surface area (Å²) < 4.78 is 0. The number of nitrogens with zero attached hydrogens (tertiary/aromatic N) is 12. The van der Waals surface area contributed by atoms with Crippen LogP contribution in [0.5, 0.6) is 0 Å². The number of halogens is 1. The number of aromatic nitrogens is 10. The van der Waals surface area contributed by atoms with Gasteiger partial charge in [0, 0.05) is 117 Å². The van der Waals surface area contributed by atoms with Gasteiger partial charge in [0.25, 0.3) is 0 Å². The highest BCUT2D eigenvalue weighted by atomic mass is 35.5. The molecule has 0 saturated carbocycles. The number of fused-ring (bicyclic) bond motifs is 26. The third-order valence-corrected chi connectivity index (χ3v) is 27.7. The van der Waals surface area contributed by atoms with Crippen LogP contribution in [0.15, 0.2) is 433 Å². The molecule has 20 aromatic rings. The van der Waals surface area contributed by atoms with E-state index in [2.05, 4.69) is 259 Å². The fraction of sp³-hybridized carbons (Fsp3) is 0.0265. The van der Waals surface area contributed by atoms with Gasteiger partial charge in [0.2, 0.25) is 0 Å². The third kappa shape index (κ3) is 12.2. The van der Waals surface area contributed by atoms with Crippen molar-refractivity contribution in [1.29, 1.82) is 0 Å². The number of pyridine rings is 4. The van der Waals surface area contributed by atoms with E-state index >= 15 is 0 Å². The summed E-state index contributed by atoms with van der Waals surface area (Å²) in [4.78, 5) is 59.3. The quantitative estimate of drug-likeness (QED) is 0.136. The molecule has 6 aliphatic rings. The van der Waals surface area contributed by atoms with Crippen LogP contribution < -0.4 is 9.80 Å². The summed E-state index contributed by atoms with van der Waals surface area (Å²) >= 11 is 10.4. The molecule has 0 amide bonds. The molecule has 128 heavy (non-hydrogen) atoms. The Morgan fingerprint density at radius 1 is 0.250 bits per heavy atom. The maximum Gasteiger partial charge on any atom is 0.164 e. The molecule has 0 fully saturated rings. The van der Waals surface area contributed by atoms with Gasteiger partial charge in [-0.25, -0.2) is 29.9 Å². The number of para-hydroxylation sites is 4. The Kier molecular flexibility index (Phi) is 18.5. The van der Waals surface area contributed by atoms with Crippen LogP contribution in [0.1, 0.15) is 50.1 Å². The first-order chi connectivity index (χ1) is 63.3. The van der Waals surface area contributed by atoms with Crippen LogP contribution in [0.25, 0.3) is 124 Å². The normalized spacial score (nSPS) is 14.8. The monoisotopic (exact) mass is 1690 g/mol. The van der Waals surface area contributed by atoms with Crippen LogP contribution in [-0.2, 0) is 10.8 Å². The Labute approximate surface area is 753 Å². The second kappa shape index (κ2) is 31.2. The van der Waals surface area contributed by atoms with Gasteiger partial charge in [0.15, 0.2) is 34.9 Å². The molecule has 12 nitrogen and oxygen atoms in total. The smallest absolute Gasteiger partial charge is 0.164 e. The largest absolute Gasteiger partial charge is 0.308 e. The maximum absolute atomic E-state index is 6.65. The lowest BCUT2D eigenvalue weighted by Crippen LogP contribution is -2.26. The van der Waals surface area contributed by atoms with Crippen molar-refractivity contribution in [2.24, 2.45) is 0 Å². The molecule has 2 spiro atoms. The van der Waals surface area contributed by atoms with Crippen molar-refractivity contribution in [3.05, 3.63) is 468 Å². The second-order valence-corrected chi connectivity index (χ2v) is 34.7. The van der Waals surface area contributed by atoms with E-state index in [9.17, 15) is 0 Å². The van der Waals surface area contributed by atoms with Crippen molar-refractivity contribution in [1.82, 2.24) is 49.8 Å². The lowest BCUT2D eigenvalue weighted by molar-refractivity contribution is 0.788. The minimum atomic E-state index is -0.666. The Balaban J connectivity index is 0.000000119. The van der Waals surface area contributed by atoms with Gasteiger partial charge in [-0.2, -0.15) is 0 Å². The van der Waals surface area contributed by atoms with Gasteiger partial charge >= 0.3 is 0 Å². The van der Waals surface area contributed by atoms with E-state index in [1.54, 1.807) is 6.20 Å². The van der Waals surface area contributed by atoms with Crippen molar-refractivity contribution < 1.29 is 0 Å². The number of benzene rings is 14. The van der Waals surface area contributed by atoms with Crippen molar-refractivity contribution in [3.8, 4) is 124 Å². The summed E-state index contributed by atoms with van der Waals surface area (Å²) in [5, 5.41) is 0.633. The molecular formula is C113H71ClN12S2. The predicted molar refractivity (Wildman–Crippen MR) is 515 cm³/mol. The number of hydrogen-bond acceptors (Lipinski definition) is 14. The molecule has 8 heterocycles. The molecule has 0 bridgehead atoms. The first-order valence-corrected chi connectivity index (χ1v) is 44.6. The van der Waals surface area contributed by atoms with E-state index in [0.717, 1.165) is 106 Å². The molecule has 2 unspecified atom stereocenters. The molecular weight excluding hydrogens is 1620 g/mol. The minimum absolute atomic E-state index is 0.535. The summed E-state index contributed by atoms with van der Waals surface area (Å²) in [6.45, 7) is 2.07. The fourth-order valence-electron chi connectivity index (χ4n) is 19.7. The molecule has 602 valence electrons. The molecule has 14 aromatic carbocycles. The molecule has 26 rings (SSSR count). The highest BCUT2D eigenvalue weighted by molar-refractivity contribution is 8.00. The molecule has 2 aliphatic heterocycles. The molecule has 15 heteroatoms. The number of anilines is 6. The summed E-state index contributed by atoms with van der Waals surface area (Å²) in [6.07, 6.45) is 7.47. The van der Waals surface area contributed by atoms with Gasteiger partial charge in [-0.3, -0.25) is 19.9 Å². The maximum atomic E-state index is 6.65. The van der Waals surface area contributed by atoms with Crippen LogP contribution in [0.2, 0.25) is 5.02 Å². The molecule has 0 radical (unpaired) electrons. The topological polar surface area (TPSA) is 135 Å². The zero-order chi connectivity index (χ0) is 85.0. The van der Waals surface area contributed by atoms with Crippen LogP contribution in [-0.4, -0.2) is 49.8 Å². The molecule has 0 N–H and O–H groups in total. The average molecular weight is 1700 g/mol. The lowest BCUT2D eigenvalue weighted by Gasteiger charge is -2.35. The van der Waals surface area contributed by atoms with Gasteiger partial charge in [0.05, 0.1) is 61.4 Å². The van der Waals surface area contributed by atoms with Crippen LogP contribution in [0, 0.1) is 6.92 Å². The van der Waals surface area contributed by atoms with Gasteiger partial charge in [-0.05, 0) is 147 Å². The number of hydrogen-bond donors (Lipinski definition) is 0. The number of aryl methyl sites for hydroxylation is 1. The Morgan fingerprint density at radius 2 is 0.594 bits per heavy atom. The summed E-state index contributed by atoms with van der Waals surface area (Å²) in [6, 6.07) is 136. The zero-order valence-electron chi connectivity index (χ0n) is 68.8. The average Bonchev–Trinajstić information content (AvgIpc) is 1.50. The van der Waals surface area contributed by atoms with Gasteiger partial charge < -0.3 is 9.80 Å². The lowest BCUT2D eigenvalue weighted by atomic mass is 9.70. The molecule has 6 aromatic heterocycles. The SMILES string of the molecule is Cc1ccccc1-c1nc(-c2ccccc2)nc(-c2ccccc2)n1.Clc1cnc2c(c1)C1(c3ccccc3-c3c1ccc1c3Sc3ccccc3N1c1ccccc1)c1cccnc1-2.c1ccc(-c2nc(-c3ccccc3)nc(-c3ccccc3-c3cnc4c(c3)C3(c5ccccc5-c5c3ccc3c5Sc5ccccc5N3c3ccccc3)c3cccnc3-4)n2)cc1. The highest BCUT2D eigenvalue weighted by Gasteiger charge is 2.56. The van der Waals surface area contributed by atoms with Crippen LogP contribution in [0.3, 0.4) is 0 Å². The van der Waals surface area contributed by atoms with Crippen molar-refractivity contribution in [2.75, 3.05) is 9.80 Å². The highest BCUT2D eigenvalue weighted by Crippen LogP contribution is 2.69. The molecule has 0 saturated heterocycles. The summed E-state index contributed by atoms with van der Waals surface area (Å²) in [7, 11) is 0. The van der Waals surface area contributed by atoms with Crippen LogP contribution in [0.4, 0.5) is 34.1 Å². The summed E-state index contributed by atoms with van der Waals surface area (Å²) in [5.74, 6) is 3.92. The van der Waals surface area contributed by atoms with Crippen molar-refractivity contribution >= 4 is 69.2 Å². The Bertz CT molecular complexity index is 7710. The zero-order valence-corrected chi connectivity index (χ0v) is 71.2. The van der Waals surface area contributed by atoms with E-state index in [1.165, 1.54) is 86.8 Å². The van der Waals surface area contributed by atoms with Gasteiger partial charge in [0.1, 0.15) is 0 Å². The second-order valence-electron chi connectivity index (χ2n) is 32.2. The fourth-order valence-corrected chi connectivity index (χ4v) is 22.3. The number of rotatable bonds is 9. The predicted octanol–water partition coefficient (Wildman–Crippen LogP) is 28.2. The van der Waals surface area contributed by atoms with E-state index in [1.807, 2.05) is 188 Å². The van der Waals surface area contributed by atoms with Crippen molar-refractivity contribution in [3.63, 3.8) is 0 Å². The van der Waals surface area contributed by atoms with E-state index in [4.69, 9.17) is 61.4 Å². The Hall–Kier alpha value is -15.7. The molecule has 2 atom stereocenters. The standard InChI is InChI=1S/C56H34N6S.C35H20ClN3S.C22H17N3/c1-4-17-35(18-5-1)53-59-54(36-19-6-2-7-20-36)61-55(60-53)40-24-11-10-23-39(40)37-33-45-51(58-34-37)50-44(27-16-32-57-50)56(45)42-26-13-12-25-41(42)49-43(56)30-31-47-52(49)63-48-29-15-14-28-46(48)62(47)38-21-8-3-9-22-38;36-21-19-27-33(38-20-21)32-26(13-8-18-37-32)35(27)24-12-5-4-11-23(24)31-25(35)16-17-29-34(31)40-30-15-7-6-14-28(30)39(29)22-9-2-1-3-10-22;1-16-10-8-9-15-19(16)22-24-20(17-11-4-2-5-12-17)23-21(25-22)18-13-6-3-7-14-18/h1-34H;1-20H;2-15H,1H3. The van der Waals surface area contributed by atoms with Gasteiger partial charge in [-0.15, -0.1) is 0 Å². The Morgan fingerprint density at radius 3 is 1.05 bits per heavy atom. The summed E-state index contributed by atoms with van der Waals surface area (Å²) in [5.41, 5.74) is 32.8. The van der Waals surface area contributed by atoms with Gasteiger partial charge in [-0.1, -0.05) is 338 Å². The van der Waals surface area contributed by atoms with E-state index in [0.29, 0.717) is 40.0 Å². The first kappa shape index (κ1) is 76.0. The third-order valence-electron chi connectivity index (χ3n) is 25.1.